The molecule has 2 aromatic heterocycles. The van der Waals surface area contributed by atoms with Gasteiger partial charge in [-0.05, 0) is 48.4 Å². The molecule has 0 radical (unpaired) electrons. The number of ether oxygens (including phenoxy) is 2. The smallest absolute Gasteiger partial charge is 0.378 e. The van der Waals surface area contributed by atoms with Crippen molar-refractivity contribution in [1.29, 1.82) is 0 Å². The van der Waals surface area contributed by atoms with Gasteiger partial charge in [0.1, 0.15) is 0 Å². The molecule has 13 heteroatoms. The highest BCUT2D eigenvalue weighted by Crippen LogP contribution is 2.35. The quantitative estimate of drug-likeness (QED) is 0.155. The summed E-state index contributed by atoms with van der Waals surface area (Å²) in [6.07, 6.45) is -1.29. The molecule has 4 aromatic rings. The minimum absolute atomic E-state index is 0.0667. The van der Waals surface area contributed by atoms with E-state index in [9.17, 15) is 18.0 Å². The average Bonchev–Trinajstić information content (AvgIpc) is 3.53. The minimum Gasteiger partial charge on any atom is -0.378 e. The number of benzene rings is 2. The van der Waals surface area contributed by atoms with Crippen LogP contribution in [0.3, 0.4) is 0 Å². The van der Waals surface area contributed by atoms with Gasteiger partial charge in [0.2, 0.25) is 0 Å². The number of anilines is 1. The van der Waals surface area contributed by atoms with Gasteiger partial charge in [-0.25, -0.2) is 4.98 Å². The molecular weight excluding hydrogens is 611 g/mol. The SMILES string of the molecule is Cc1ccc(C(=O)Nc2ccc(CN3CCN(CCOCCOCCN)CC3)c(C(F)(F)F)c2)cc1C#Cc1cnc2[nH]ncc2c1. The average molecular weight is 650 g/mol. The van der Waals surface area contributed by atoms with Crippen molar-refractivity contribution < 1.29 is 27.4 Å². The van der Waals surface area contributed by atoms with Crippen LogP contribution in [0.5, 0.6) is 0 Å². The number of amides is 1. The second-order valence-corrected chi connectivity index (χ2v) is 11.3. The van der Waals surface area contributed by atoms with Gasteiger partial charge in [-0.3, -0.25) is 19.7 Å². The highest BCUT2D eigenvalue weighted by molar-refractivity contribution is 6.04. The lowest BCUT2D eigenvalue weighted by Gasteiger charge is -2.35. The molecular formula is C34H38F3N7O3. The van der Waals surface area contributed by atoms with Crippen LogP contribution in [0, 0.1) is 18.8 Å². The number of nitrogens with one attached hydrogen (secondary N) is 2. The van der Waals surface area contributed by atoms with Gasteiger partial charge in [0.05, 0.1) is 38.2 Å². The van der Waals surface area contributed by atoms with E-state index in [1.807, 2.05) is 17.9 Å². The Balaban J connectivity index is 1.18. The van der Waals surface area contributed by atoms with E-state index in [0.717, 1.165) is 36.7 Å². The van der Waals surface area contributed by atoms with E-state index < -0.39 is 17.6 Å². The molecule has 0 bridgehead atoms. The Labute approximate surface area is 271 Å². The van der Waals surface area contributed by atoms with Gasteiger partial charge in [-0.15, -0.1) is 0 Å². The fourth-order valence-corrected chi connectivity index (χ4v) is 5.21. The van der Waals surface area contributed by atoms with Crippen LogP contribution in [0.2, 0.25) is 0 Å². The van der Waals surface area contributed by atoms with E-state index in [4.69, 9.17) is 15.2 Å². The number of nitrogens with two attached hydrogens (primary N) is 1. The lowest BCUT2D eigenvalue weighted by atomic mass is 10.0. The highest BCUT2D eigenvalue weighted by Gasteiger charge is 2.34. The summed E-state index contributed by atoms with van der Waals surface area (Å²) in [7, 11) is 0. The number of alkyl halides is 3. The largest absolute Gasteiger partial charge is 0.416 e. The van der Waals surface area contributed by atoms with Gasteiger partial charge in [0.25, 0.3) is 5.91 Å². The van der Waals surface area contributed by atoms with Crippen molar-refractivity contribution in [3.05, 3.63) is 88.2 Å². The summed E-state index contributed by atoms with van der Waals surface area (Å²) >= 11 is 0. The van der Waals surface area contributed by atoms with E-state index in [2.05, 4.69) is 37.2 Å². The molecule has 0 atom stereocenters. The van der Waals surface area contributed by atoms with Crippen LogP contribution in [0.25, 0.3) is 11.0 Å². The molecule has 10 nitrogen and oxygen atoms in total. The molecule has 4 N–H and O–H groups in total. The van der Waals surface area contributed by atoms with Gasteiger partial charge < -0.3 is 20.5 Å². The minimum atomic E-state index is -4.58. The number of aromatic nitrogens is 3. The van der Waals surface area contributed by atoms with Crippen LogP contribution in [0.1, 0.15) is 38.2 Å². The molecule has 47 heavy (non-hydrogen) atoms. The zero-order valence-electron chi connectivity index (χ0n) is 26.2. The molecule has 0 unspecified atom stereocenters. The monoisotopic (exact) mass is 649 g/mol. The normalized spacial score (nSPS) is 14.2. The summed E-state index contributed by atoms with van der Waals surface area (Å²) in [6, 6.07) is 10.8. The standard InChI is InChI=1S/C34H38F3N7O3/c1-24-2-4-27(19-26(24)5-3-25-18-29-22-40-42-32(29)39-21-25)33(45)41-30-7-6-28(31(20-30)34(35,36)37)23-44-11-9-43(10-12-44)13-15-47-17-16-46-14-8-38/h2,4,6-7,18-22H,8-17,23,38H2,1H3,(H,41,45)(H,39,40,42). The van der Waals surface area contributed by atoms with E-state index in [1.165, 1.54) is 12.1 Å². The maximum absolute atomic E-state index is 14.2. The number of piperazine rings is 1. The summed E-state index contributed by atoms with van der Waals surface area (Å²) in [5, 5.41) is 10.2. The third kappa shape index (κ3) is 9.60. The Bertz CT molecular complexity index is 1720. The number of nitrogens with zero attached hydrogens (tertiary/aromatic N) is 4. The van der Waals surface area contributed by atoms with Crippen molar-refractivity contribution in [1.82, 2.24) is 25.0 Å². The zero-order chi connectivity index (χ0) is 33.2. The molecule has 1 aliphatic heterocycles. The number of rotatable bonds is 12. The Hall–Kier alpha value is -4.32. The van der Waals surface area contributed by atoms with Crippen LogP contribution in [0.4, 0.5) is 18.9 Å². The summed E-state index contributed by atoms with van der Waals surface area (Å²) in [4.78, 5) is 21.6. The molecule has 1 aliphatic rings. The fourth-order valence-electron chi connectivity index (χ4n) is 5.21. The number of pyridine rings is 1. The zero-order valence-corrected chi connectivity index (χ0v) is 26.2. The highest BCUT2D eigenvalue weighted by atomic mass is 19.4. The van der Waals surface area contributed by atoms with Crippen molar-refractivity contribution in [2.45, 2.75) is 19.6 Å². The van der Waals surface area contributed by atoms with E-state index in [-0.39, 0.29) is 23.4 Å². The molecule has 5 rings (SSSR count). The topological polar surface area (TPSA) is 122 Å². The Morgan fingerprint density at radius 1 is 0.979 bits per heavy atom. The molecule has 2 aromatic carbocycles. The molecule has 0 aliphatic carbocycles. The molecule has 0 spiro atoms. The number of fused-ring (bicyclic) bond motifs is 1. The summed E-state index contributed by atoms with van der Waals surface area (Å²) in [6.45, 7) is 8.10. The van der Waals surface area contributed by atoms with E-state index in [0.29, 0.717) is 62.8 Å². The van der Waals surface area contributed by atoms with Gasteiger partial charge >= 0.3 is 6.18 Å². The third-order valence-corrected chi connectivity index (χ3v) is 7.85. The van der Waals surface area contributed by atoms with Crippen molar-refractivity contribution in [2.24, 2.45) is 5.73 Å². The van der Waals surface area contributed by atoms with Gasteiger partial charge in [-0.1, -0.05) is 24.0 Å². The number of aryl methyl sites for hydroxylation is 1. The molecule has 3 heterocycles. The van der Waals surface area contributed by atoms with Crippen LogP contribution in [-0.2, 0) is 22.2 Å². The van der Waals surface area contributed by atoms with Crippen LogP contribution < -0.4 is 11.1 Å². The van der Waals surface area contributed by atoms with Crippen molar-refractivity contribution >= 4 is 22.6 Å². The number of hydrogen-bond acceptors (Lipinski definition) is 8. The van der Waals surface area contributed by atoms with E-state index in [1.54, 1.807) is 30.6 Å². The molecule has 0 saturated carbocycles. The first-order valence-electron chi connectivity index (χ1n) is 15.4. The fraction of sp³-hybridized carbons (Fsp3) is 0.382. The second-order valence-electron chi connectivity index (χ2n) is 11.3. The van der Waals surface area contributed by atoms with Crippen molar-refractivity contribution in [3.8, 4) is 11.8 Å². The molecule has 1 fully saturated rings. The van der Waals surface area contributed by atoms with Gasteiger partial charge in [-0.2, -0.15) is 18.3 Å². The first-order chi connectivity index (χ1) is 22.7. The lowest BCUT2D eigenvalue weighted by Crippen LogP contribution is -2.47. The number of carbonyl (C=O) groups is 1. The number of carbonyl (C=O) groups excluding carboxylic acids is 1. The summed E-state index contributed by atoms with van der Waals surface area (Å²) < 4.78 is 53.4. The van der Waals surface area contributed by atoms with Gasteiger partial charge in [0, 0.05) is 79.8 Å². The summed E-state index contributed by atoms with van der Waals surface area (Å²) in [5.41, 5.74) is 7.95. The van der Waals surface area contributed by atoms with Crippen molar-refractivity contribution in [2.75, 3.05) is 71.0 Å². The third-order valence-electron chi connectivity index (χ3n) is 7.85. The molecule has 1 saturated heterocycles. The first-order valence-corrected chi connectivity index (χ1v) is 15.4. The van der Waals surface area contributed by atoms with Crippen molar-refractivity contribution in [3.63, 3.8) is 0 Å². The Morgan fingerprint density at radius 2 is 1.74 bits per heavy atom. The van der Waals surface area contributed by atoms with Crippen LogP contribution >= 0.6 is 0 Å². The Kier molecular flexibility index (Phi) is 11.6. The second kappa shape index (κ2) is 16.0. The van der Waals surface area contributed by atoms with E-state index >= 15 is 0 Å². The molecule has 1 amide bonds. The predicted octanol–water partition coefficient (Wildman–Crippen LogP) is 4.05. The number of halogens is 3. The lowest BCUT2D eigenvalue weighted by molar-refractivity contribution is -0.138. The number of aromatic amines is 1. The number of H-pyrrole nitrogens is 1. The van der Waals surface area contributed by atoms with Gasteiger partial charge in [0.15, 0.2) is 5.65 Å². The predicted molar refractivity (Wildman–Crippen MR) is 173 cm³/mol. The maximum atomic E-state index is 14.2. The first kappa shape index (κ1) is 34.0. The number of hydrogen-bond donors (Lipinski definition) is 3. The molecule has 248 valence electrons. The van der Waals surface area contributed by atoms with Crippen LogP contribution in [-0.4, -0.2) is 96.6 Å². The Morgan fingerprint density at radius 3 is 2.51 bits per heavy atom. The van der Waals surface area contributed by atoms with Crippen LogP contribution in [0.15, 0.2) is 54.9 Å². The summed E-state index contributed by atoms with van der Waals surface area (Å²) in [5.74, 6) is 5.60. The maximum Gasteiger partial charge on any atom is 0.416 e.